The Kier molecular flexibility index (Phi) is 5.68. The molecular weight excluding hydrogens is 323 g/mol. The van der Waals surface area contributed by atoms with E-state index in [1.54, 1.807) is 26.0 Å². The van der Waals surface area contributed by atoms with Crippen LogP contribution in [-0.2, 0) is 5.60 Å². The summed E-state index contributed by atoms with van der Waals surface area (Å²) in [4.78, 5) is 0. The summed E-state index contributed by atoms with van der Waals surface area (Å²) in [6, 6.07) is 4.91. The van der Waals surface area contributed by atoms with Crippen LogP contribution >= 0.6 is 0 Å². The van der Waals surface area contributed by atoms with Crippen LogP contribution in [0.3, 0.4) is 0 Å². The van der Waals surface area contributed by atoms with Crippen LogP contribution in [0.25, 0.3) is 0 Å². The van der Waals surface area contributed by atoms with E-state index >= 15 is 0 Å². The molecule has 24 heavy (non-hydrogen) atoms. The first kappa shape index (κ1) is 20.0. The van der Waals surface area contributed by atoms with Gasteiger partial charge in [-0.1, -0.05) is 19.0 Å². The average Bonchev–Trinajstić information content (AvgIpc) is 2.91. The highest BCUT2D eigenvalue weighted by Gasteiger charge is 2.46. The Labute approximate surface area is 138 Å². The van der Waals surface area contributed by atoms with Gasteiger partial charge in [-0.25, -0.2) is 0 Å². The largest absolute Gasteiger partial charge is 0.389 e. The Morgan fingerprint density at radius 3 is 2.08 bits per heavy atom. The molecule has 1 aromatic rings. The normalized spacial score (nSPS) is 14.3. The lowest BCUT2D eigenvalue weighted by Gasteiger charge is -2.30. The number of nitrogens with zero attached hydrogens (tertiary/aromatic N) is 3. The maximum atomic E-state index is 12.6. The predicted molar refractivity (Wildman–Crippen MR) is 78.3 cm³/mol. The maximum Gasteiger partial charge on any atom is 0.389 e. The lowest BCUT2D eigenvalue weighted by atomic mass is 9.68. The number of aromatic nitrogens is 1. The topological polar surface area (TPSA) is 93.8 Å². The number of halogens is 3. The first-order valence-electron chi connectivity index (χ1n) is 7.45. The molecule has 1 aromatic heterocycles. The van der Waals surface area contributed by atoms with Crippen molar-refractivity contribution in [2.75, 3.05) is 0 Å². The predicted octanol–water partition coefficient (Wildman–Crippen LogP) is 4.02. The van der Waals surface area contributed by atoms with Crippen molar-refractivity contribution in [1.82, 2.24) is 5.16 Å². The molecule has 0 fully saturated rings. The molecule has 0 spiro atoms. The monoisotopic (exact) mass is 343 g/mol. The molecular formula is C16H20F3N3O2. The van der Waals surface area contributed by atoms with E-state index in [1.807, 2.05) is 0 Å². The highest BCUT2D eigenvalue weighted by Crippen LogP contribution is 2.45. The van der Waals surface area contributed by atoms with Crippen LogP contribution in [0.5, 0.6) is 0 Å². The van der Waals surface area contributed by atoms with Gasteiger partial charge in [0.15, 0.2) is 11.2 Å². The van der Waals surface area contributed by atoms with E-state index in [9.17, 15) is 28.8 Å². The van der Waals surface area contributed by atoms with Crippen molar-refractivity contribution in [1.29, 1.82) is 10.5 Å². The molecule has 1 heterocycles. The lowest BCUT2D eigenvalue weighted by molar-refractivity contribution is -0.138. The van der Waals surface area contributed by atoms with Gasteiger partial charge < -0.3 is 9.63 Å². The lowest BCUT2D eigenvalue weighted by Crippen LogP contribution is -2.31. The van der Waals surface area contributed by atoms with E-state index in [4.69, 9.17) is 4.52 Å². The summed E-state index contributed by atoms with van der Waals surface area (Å²) in [6.45, 7) is 6.32. The fourth-order valence-corrected chi connectivity index (χ4v) is 2.66. The first-order valence-corrected chi connectivity index (χ1v) is 7.45. The highest BCUT2D eigenvalue weighted by atomic mass is 19.4. The SMILES string of the molecule is CC(C)C(c1cc(C(C)(C)O)on1)C(C#N)(C#N)CCC(F)(F)F. The number of alkyl halides is 3. The number of hydrogen-bond donors (Lipinski definition) is 1. The van der Waals surface area contributed by atoms with Gasteiger partial charge in [0, 0.05) is 18.4 Å². The zero-order valence-electron chi connectivity index (χ0n) is 14.0. The quantitative estimate of drug-likeness (QED) is 0.842. The summed E-state index contributed by atoms with van der Waals surface area (Å²) in [7, 11) is 0. The summed E-state index contributed by atoms with van der Waals surface area (Å²) in [5.41, 5.74) is -3.04. The molecule has 0 saturated heterocycles. The number of nitriles is 2. The van der Waals surface area contributed by atoms with Gasteiger partial charge in [-0.15, -0.1) is 0 Å². The Balaban J connectivity index is 3.32. The molecule has 1 N–H and O–H groups in total. The fraction of sp³-hybridized carbons (Fsp3) is 0.688. The summed E-state index contributed by atoms with van der Waals surface area (Å²) >= 11 is 0. The molecule has 0 radical (unpaired) electrons. The van der Waals surface area contributed by atoms with E-state index < -0.39 is 36.0 Å². The summed E-state index contributed by atoms with van der Waals surface area (Å²) < 4.78 is 42.8. The van der Waals surface area contributed by atoms with Crippen LogP contribution in [0, 0.1) is 34.0 Å². The Hall–Kier alpha value is -2.06. The zero-order valence-corrected chi connectivity index (χ0v) is 14.0. The van der Waals surface area contributed by atoms with Crippen LogP contribution < -0.4 is 0 Å². The van der Waals surface area contributed by atoms with Gasteiger partial charge >= 0.3 is 6.18 Å². The second-order valence-corrected chi connectivity index (χ2v) is 6.71. The Morgan fingerprint density at radius 2 is 1.75 bits per heavy atom. The molecule has 0 bridgehead atoms. The van der Waals surface area contributed by atoms with E-state index in [0.717, 1.165) is 0 Å². The smallest absolute Gasteiger partial charge is 0.382 e. The first-order chi connectivity index (χ1) is 10.9. The third-order valence-corrected chi connectivity index (χ3v) is 3.85. The van der Waals surface area contributed by atoms with Gasteiger partial charge in [0.2, 0.25) is 0 Å². The molecule has 1 unspecified atom stereocenters. The minimum absolute atomic E-state index is 0.115. The third kappa shape index (κ3) is 4.48. The minimum atomic E-state index is -4.47. The van der Waals surface area contributed by atoms with Gasteiger partial charge in [-0.3, -0.25) is 0 Å². The van der Waals surface area contributed by atoms with Crippen molar-refractivity contribution in [3.63, 3.8) is 0 Å². The fourth-order valence-electron chi connectivity index (χ4n) is 2.66. The maximum absolute atomic E-state index is 12.6. The van der Waals surface area contributed by atoms with E-state index in [1.165, 1.54) is 19.9 Å². The van der Waals surface area contributed by atoms with Crippen LogP contribution in [0.15, 0.2) is 10.6 Å². The van der Waals surface area contributed by atoms with E-state index in [2.05, 4.69) is 5.16 Å². The van der Waals surface area contributed by atoms with Crippen molar-refractivity contribution in [3.8, 4) is 12.1 Å². The average molecular weight is 343 g/mol. The van der Waals surface area contributed by atoms with E-state index in [0.29, 0.717) is 0 Å². The molecule has 0 saturated carbocycles. The second kappa shape index (κ2) is 6.82. The van der Waals surface area contributed by atoms with Crippen molar-refractivity contribution in [2.24, 2.45) is 11.3 Å². The second-order valence-electron chi connectivity index (χ2n) is 6.71. The molecule has 1 rings (SSSR count). The molecule has 0 aliphatic carbocycles. The Morgan fingerprint density at radius 1 is 1.21 bits per heavy atom. The van der Waals surface area contributed by atoms with Crippen LogP contribution in [0.1, 0.15) is 57.9 Å². The van der Waals surface area contributed by atoms with Crippen molar-refractivity contribution < 1.29 is 22.8 Å². The van der Waals surface area contributed by atoms with Crippen LogP contribution in [0.2, 0.25) is 0 Å². The van der Waals surface area contributed by atoms with Crippen LogP contribution in [-0.4, -0.2) is 16.4 Å². The van der Waals surface area contributed by atoms with Crippen molar-refractivity contribution in [3.05, 3.63) is 17.5 Å². The van der Waals surface area contributed by atoms with Crippen molar-refractivity contribution in [2.45, 2.75) is 58.2 Å². The molecule has 132 valence electrons. The minimum Gasteiger partial charge on any atom is -0.382 e. The summed E-state index contributed by atoms with van der Waals surface area (Å²) in [5, 5.41) is 32.7. The van der Waals surface area contributed by atoms with Gasteiger partial charge in [-0.2, -0.15) is 23.7 Å². The summed E-state index contributed by atoms with van der Waals surface area (Å²) in [5.74, 6) is -1.10. The van der Waals surface area contributed by atoms with Gasteiger partial charge in [-0.05, 0) is 26.2 Å². The molecule has 0 aromatic carbocycles. The van der Waals surface area contributed by atoms with Crippen LogP contribution in [0.4, 0.5) is 13.2 Å². The summed E-state index contributed by atoms with van der Waals surface area (Å²) in [6.07, 6.45) is -6.37. The molecule has 5 nitrogen and oxygen atoms in total. The standard InChI is InChI=1S/C16H20F3N3O2/c1-10(2)13(11-7-12(24-22-11)14(3,4)23)15(8-20,9-21)5-6-16(17,18)19/h7,10,13,23H,5-6H2,1-4H3. The van der Waals surface area contributed by atoms with Gasteiger partial charge in [0.1, 0.15) is 5.60 Å². The molecule has 0 amide bonds. The van der Waals surface area contributed by atoms with Crippen molar-refractivity contribution >= 4 is 0 Å². The third-order valence-electron chi connectivity index (χ3n) is 3.85. The number of rotatable bonds is 6. The molecule has 0 aliphatic heterocycles. The number of aliphatic hydroxyl groups is 1. The number of hydrogen-bond acceptors (Lipinski definition) is 5. The molecule has 8 heteroatoms. The van der Waals surface area contributed by atoms with Gasteiger partial charge in [0.05, 0.1) is 17.8 Å². The molecule has 0 aliphatic rings. The van der Waals surface area contributed by atoms with E-state index in [-0.39, 0.29) is 17.4 Å². The van der Waals surface area contributed by atoms with Gasteiger partial charge in [0.25, 0.3) is 0 Å². The molecule has 1 atom stereocenters. The Bertz CT molecular complexity index is 631. The highest BCUT2D eigenvalue weighted by molar-refractivity contribution is 5.28. The zero-order chi connectivity index (χ0) is 18.8.